The van der Waals surface area contributed by atoms with Gasteiger partial charge in [0.2, 0.25) is 0 Å². The number of nitrogens with zero attached hydrogens (tertiary/aromatic N) is 2. The molecular weight excluding hydrogens is 271 g/mol. The lowest BCUT2D eigenvalue weighted by molar-refractivity contribution is 0.104. The summed E-state index contributed by atoms with van der Waals surface area (Å²) in [5.41, 5.74) is 1.10. The van der Waals surface area contributed by atoms with Crippen LogP contribution < -0.4 is 0 Å². The fourth-order valence-corrected chi connectivity index (χ4v) is 3.42. The maximum Gasteiger partial charge on any atom is 0.124 e. The maximum atomic E-state index is 13.6. The highest BCUT2D eigenvalue weighted by Gasteiger charge is 2.18. The molecule has 20 heavy (non-hydrogen) atoms. The Hall–Kier alpha value is -0.580. The molecule has 1 saturated heterocycles. The van der Waals surface area contributed by atoms with Crippen LogP contribution in [0.2, 0.25) is 0 Å². The van der Waals surface area contributed by atoms with Gasteiger partial charge in [-0.1, -0.05) is 6.92 Å². The van der Waals surface area contributed by atoms with Gasteiger partial charge >= 0.3 is 0 Å². The lowest BCUT2D eigenvalue weighted by Gasteiger charge is -2.37. The fraction of sp³-hybridized carbons (Fsp3) is 0.625. The van der Waals surface area contributed by atoms with E-state index in [4.69, 9.17) is 0 Å². The van der Waals surface area contributed by atoms with Crippen LogP contribution in [-0.4, -0.2) is 47.8 Å². The largest absolute Gasteiger partial charge is 0.298 e. The molecule has 0 radical (unpaired) electrons. The smallest absolute Gasteiger partial charge is 0.124 e. The van der Waals surface area contributed by atoms with E-state index in [2.05, 4.69) is 36.6 Å². The zero-order chi connectivity index (χ0) is 14.5. The van der Waals surface area contributed by atoms with Gasteiger partial charge < -0.3 is 0 Å². The second-order valence-electron chi connectivity index (χ2n) is 5.63. The zero-order valence-corrected chi connectivity index (χ0v) is 13.5. The molecule has 112 valence electrons. The van der Waals surface area contributed by atoms with Crippen LogP contribution in [0.1, 0.15) is 26.3 Å². The van der Waals surface area contributed by atoms with Crippen LogP contribution >= 0.6 is 11.8 Å². The molecule has 0 unspecified atom stereocenters. The molecule has 0 aliphatic carbocycles. The Morgan fingerprint density at radius 3 is 2.45 bits per heavy atom. The van der Waals surface area contributed by atoms with E-state index in [9.17, 15) is 4.39 Å². The van der Waals surface area contributed by atoms with Crippen LogP contribution in [0.3, 0.4) is 0 Å². The van der Waals surface area contributed by atoms with Crippen molar-refractivity contribution in [2.75, 3.05) is 31.9 Å². The Bertz CT molecular complexity index is 428. The van der Waals surface area contributed by atoms with Gasteiger partial charge in [0.25, 0.3) is 0 Å². The minimum Gasteiger partial charge on any atom is -0.298 e. The number of hydrogen-bond acceptors (Lipinski definition) is 3. The molecule has 2 rings (SSSR count). The third kappa shape index (κ3) is 4.47. The first-order chi connectivity index (χ1) is 9.58. The van der Waals surface area contributed by atoms with E-state index in [-0.39, 0.29) is 5.82 Å². The standard InChI is InChI=1S/C16H25FN2S/c1-4-20-16-10-14(9-15(17)11-16)12-18-5-7-19(8-6-18)13(2)3/h9-11,13H,4-8,12H2,1-3H3. The minimum absolute atomic E-state index is 0.112. The summed E-state index contributed by atoms with van der Waals surface area (Å²) in [7, 11) is 0. The van der Waals surface area contributed by atoms with Gasteiger partial charge in [-0.05, 0) is 43.4 Å². The molecule has 2 nitrogen and oxygen atoms in total. The van der Waals surface area contributed by atoms with E-state index in [0.717, 1.165) is 48.9 Å². The predicted molar refractivity (Wildman–Crippen MR) is 84.8 cm³/mol. The number of thioether (sulfide) groups is 1. The number of benzene rings is 1. The summed E-state index contributed by atoms with van der Waals surface area (Å²) in [4.78, 5) is 5.97. The van der Waals surface area contributed by atoms with Crippen LogP contribution in [0, 0.1) is 5.82 Å². The highest BCUT2D eigenvalue weighted by molar-refractivity contribution is 7.99. The van der Waals surface area contributed by atoms with Gasteiger partial charge in [0, 0.05) is 43.7 Å². The predicted octanol–water partition coefficient (Wildman–Crippen LogP) is 3.46. The van der Waals surface area contributed by atoms with Crippen molar-refractivity contribution in [1.29, 1.82) is 0 Å². The SMILES string of the molecule is CCSc1cc(F)cc(CN2CCN(C(C)C)CC2)c1. The second-order valence-corrected chi connectivity index (χ2v) is 6.97. The van der Waals surface area contributed by atoms with Crippen LogP contribution in [0.5, 0.6) is 0 Å². The number of rotatable bonds is 5. The van der Waals surface area contributed by atoms with E-state index >= 15 is 0 Å². The quantitative estimate of drug-likeness (QED) is 0.768. The summed E-state index contributed by atoms with van der Waals surface area (Å²) in [6, 6.07) is 6.06. The van der Waals surface area contributed by atoms with Gasteiger partial charge in [0.05, 0.1) is 0 Å². The second kappa shape index (κ2) is 7.43. The third-order valence-corrected chi connectivity index (χ3v) is 4.64. The lowest BCUT2D eigenvalue weighted by atomic mass is 10.2. The first kappa shape index (κ1) is 15.8. The molecule has 1 aromatic rings. The van der Waals surface area contributed by atoms with Crippen molar-refractivity contribution in [2.24, 2.45) is 0 Å². The number of halogens is 1. The molecule has 0 aromatic heterocycles. The monoisotopic (exact) mass is 296 g/mol. The Kier molecular flexibility index (Phi) is 5.87. The van der Waals surface area contributed by atoms with Crippen molar-refractivity contribution in [2.45, 2.75) is 38.3 Å². The molecule has 1 fully saturated rings. The molecule has 0 amide bonds. The van der Waals surface area contributed by atoms with Crippen molar-refractivity contribution in [3.05, 3.63) is 29.6 Å². The van der Waals surface area contributed by atoms with E-state index in [1.165, 1.54) is 0 Å². The summed E-state index contributed by atoms with van der Waals surface area (Å²) >= 11 is 1.70. The molecule has 4 heteroatoms. The summed E-state index contributed by atoms with van der Waals surface area (Å²) in [5.74, 6) is 0.870. The molecule has 1 aliphatic heterocycles. The summed E-state index contributed by atoms with van der Waals surface area (Å²) in [6.45, 7) is 11.8. The van der Waals surface area contributed by atoms with E-state index < -0.39 is 0 Å². The fourth-order valence-electron chi connectivity index (χ4n) is 2.66. The molecule has 0 bridgehead atoms. The van der Waals surface area contributed by atoms with E-state index in [1.54, 1.807) is 23.9 Å². The van der Waals surface area contributed by atoms with Gasteiger partial charge in [-0.3, -0.25) is 9.80 Å². The third-order valence-electron chi connectivity index (χ3n) is 3.79. The zero-order valence-electron chi connectivity index (χ0n) is 12.7. The first-order valence-electron chi connectivity index (χ1n) is 7.47. The molecule has 1 aliphatic rings. The molecule has 0 atom stereocenters. The topological polar surface area (TPSA) is 6.48 Å². The van der Waals surface area contributed by atoms with Crippen molar-refractivity contribution < 1.29 is 4.39 Å². The Labute approximate surface area is 126 Å². The van der Waals surface area contributed by atoms with Crippen LogP contribution in [-0.2, 0) is 6.54 Å². The number of piperazine rings is 1. The summed E-state index contributed by atoms with van der Waals surface area (Å²) in [5, 5.41) is 0. The average Bonchev–Trinajstić information content (AvgIpc) is 2.39. The van der Waals surface area contributed by atoms with Gasteiger partial charge in [-0.2, -0.15) is 0 Å². The Morgan fingerprint density at radius 2 is 1.85 bits per heavy atom. The number of hydrogen-bond donors (Lipinski definition) is 0. The minimum atomic E-state index is -0.112. The van der Waals surface area contributed by atoms with Crippen molar-refractivity contribution in [3.63, 3.8) is 0 Å². The van der Waals surface area contributed by atoms with E-state index in [0.29, 0.717) is 6.04 Å². The lowest BCUT2D eigenvalue weighted by Crippen LogP contribution is -2.48. The van der Waals surface area contributed by atoms with Crippen LogP contribution in [0.25, 0.3) is 0 Å². The Morgan fingerprint density at radius 1 is 1.15 bits per heavy atom. The molecule has 0 saturated carbocycles. The highest BCUT2D eigenvalue weighted by atomic mass is 32.2. The maximum absolute atomic E-state index is 13.6. The average molecular weight is 296 g/mol. The van der Waals surface area contributed by atoms with E-state index in [1.807, 2.05) is 0 Å². The van der Waals surface area contributed by atoms with Gasteiger partial charge in [0.15, 0.2) is 0 Å². The molecule has 1 heterocycles. The van der Waals surface area contributed by atoms with Crippen molar-refractivity contribution in [3.8, 4) is 0 Å². The molecular formula is C16H25FN2S. The van der Waals surface area contributed by atoms with Gasteiger partial charge in [-0.25, -0.2) is 4.39 Å². The first-order valence-corrected chi connectivity index (χ1v) is 8.45. The summed E-state index contributed by atoms with van der Waals surface area (Å²) < 4.78 is 13.6. The van der Waals surface area contributed by atoms with Crippen LogP contribution in [0.15, 0.2) is 23.1 Å². The van der Waals surface area contributed by atoms with Gasteiger partial charge in [0.1, 0.15) is 5.82 Å². The Balaban J connectivity index is 1.94. The van der Waals surface area contributed by atoms with Gasteiger partial charge in [-0.15, -0.1) is 11.8 Å². The molecule has 0 spiro atoms. The normalized spacial score (nSPS) is 17.9. The molecule has 1 aromatic carbocycles. The van der Waals surface area contributed by atoms with Crippen molar-refractivity contribution in [1.82, 2.24) is 9.80 Å². The van der Waals surface area contributed by atoms with Crippen LogP contribution in [0.4, 0.5) is 4.39 Å². The van der Waals surface area contributed by atoms with Crippen molar-refractivity contribution >= 4 is 11.8 Å². The summed E-state index contributed by atoms with van der Waals surface area (Å²) in [6.07, 6.45) is 0. The molecule has 0 N–H and O–H groups in total. The highest BCUT2D eigenvalue weighted by Crippen LogP contribution is 2.22.